The highest BCUT2D eigenvalue weighted by Gasteiger charge is 2.28. The van der Waals surface area contributed by atoms with Crippen molar-refractivity contribution in [1.29, 1.82) is 0 Å². The molecular formula is C16H28N2S. The van der Waals surface area contributed by atoms with Gasteiger partial charge < -0.3 is 10.2 Å². The van der Waals surface area contributed by atoms with E-state index >= 15 is 0 Å². The third-order valence-electron chi connectivity index (χ3n) is 4.48. The lowest BCUT2D eigenvalue weighted by Crippen LogP contribution is -2.43. The van der Waals surface area contributed by atoms with E-state index in [2.05, 4.69) is 48.7 Å². The molecule has 0 saturated heterocycles. The zero-order valence-corrected chi connectivity index (χ0v) is 13.4. The van der Waals surface area contributed by atoms with Crippen LogP contribution in [-0.2, 0) is 6.42 Å². The number of hydrogen-bond acceptors (Lipinski definition) is 3. The Labute approximate surface area is 122 Å². The monoisotopic (exact) mass is 280 g/mol. The minimum atomic E-state index is 0.723. The second-order valence-corrected chi connectivity index (χ2v) is 7.20. The van der Waals surface area contributed by atoms with Crippen LogP contribution < -0.4 is 5.32 Å². The number of nitrogens with one attached hydrogen (secondary N) is 1. The molecule has 0 aliphatic heterocycles. The van der Waals surface area contributed by atoms with Gasteiger partial charge in [-0.2, -0.15) is 0 Å². The van der Waals surface area contributed by atoms with Crippen molar-refractivity contribution in [2.45, 2.75) is 38.6 Å². The molecule has 0 amide bonds. The molecule has 1 saturated carbocycles. The van der Waals surface area contributed by atoms with Gasteiger partial charge in [-0.15, -0.1) is 11.3 Å². The van der Waals surface area contributed by atoms with Gasteiger partial charge >= 0.3 is 0 Å². The van der Waals surface area contributed by atoms with Crippen molar-refractivity contribution >= 4 is 11.3 Å². The molecule has 3 heteroatoms. The largest absolute Gasteiger partial charge is 0.317 e. The van der Waals surface area contributed by atoms with Gasteiger partial charge in [0.1, 0.15) is 0 Å². The van der Waals surface area contributed by atoms with Gasteiger partial charge in [-0.25, -0.2) is 0 Å². The van der Waals surface area contributed by atoms with E-state index in [-0.39, 0.29) is 0 Å². The Hall–Kier alpha value is -0.380. The minimum Gasteiger partial charge on any atom is -0.317 e. The molecule has 0 bridgehead atoms. The third kappa shape index (κ3) is 4.59. The molecule has 19 heavy (non-hydrogen) atoms. The Morgan fingerprint density at radius 1 is 1.42 bits per heavy atom. The van der Waals surface area contributed by atoms with E-state index in [1.54, 1.807) is 0 Å². The lowest BCUT2D eigenvalue weighted by Gasteiger charge is -2.37. The molecule has 1 fully saturated rings. The Bertz CT molecular complexity index is 350. The van der Waals surface area contributed by atoms with E-state index in [1.807, 2.05) is 11.3 Å². The summed E-state index contributed by atoms with van der Waals surface area (Å²) in [5.74, 6) is 1.72. The van der Waals surface area contributed by atoms with E-state index in [1.165, 1.54) is 43.6 Å². The van der Waals surface area contributed by atoms with Crippen molar-refractivity contribution in [2.75, 3.05) is 27.2 Å². The smallest absolute Gasteiger partial charge is 0.0105 e. The molecule has 1 aromatic heterocycles. The van der Waals surface area contributed by atoms with Gasteiger partial charge in [-0.05, 0) is 63.1 Å². The summed E-state index contributed by atoms with van der Waals surface area (Å²) in [5, 5.41) is 5.70. The van der Waals surface area contributed by atoms with E-state index in [0.717, 1.165) is 17.9 Å². The first-order valence-electron chi connectivity index (χ1n) is 7.57. The van der Waals surface area contributed by atoms with E-state index in [9.17, 15) is 0 Å². The Balaban J connectivity index is 1.77. The van der Waals surface area contributed by atoms with Crippen molar-refractivity contribution in [2.24, 2.45) is 11.8 Å². The van der Waals surface area contributed by atoms with Crippen LogP contribution in [0.5, 0.6) is 0 Å². The summed E-state index contributed by atoms with van der Waals surface area (Å²) in [6, 6.07) is 5.12. The lowest BCUT2D eigenvalue weighted by molar-refractivity contribution is 0.166. The molecule has 0 aromatic carbocycles. The fourth-order valence-electron chi connectivity index (χ4n) is 3.33. The van der Waals surface area contributed by atoms with Gasteiger partial charge in [0.25, 0.3) is 0 Å². The fraction of sp³-hybridized carbons (Fsp3) is 0.750. The lowest BCUT2D eigenvalue weighted by atomic mass is 9.78. The molecule has 3 atom stereocenters. The van der Waals surface area contributed by atoms with Crippen LogP contribution in [0.1, 0.15) is 31.1 Å². The summed E-state index contributed by atoms with van der Waals surface area (Å²) in [4.78, 5) is 4.03. The molecule has 3 unspecified atom stereocenters. The molecule has 108 valence electrons. The van der Waals surface area contributed by atoms with E-state index in [0.29, 0.717) is 0 Å². The summed E-state index contributed by atoms with van der Waals surface area (Å²) in [7, 11) is 4.40. The third-order valence-corrected chi connectivity index (χ3v) is 5.42. The van der Waals surface area contributed by atoms with E-state index in [4.69, 9.17) is 0 Å². The predicted octanol–water partition coefficient (Wildman–Crippen LogP) is 3.25. The number of rotatable bonds is 6. The highest BCUT2D eigenvalue weighted by molar-refractivity contribution is 7.09. The van der Waals surface area contributed by atoms with Gasteiger partial charge in [0.05, 0.1) is 0 Å². The van der Waals surface area contributed by atoms with Crippen LogP contribution in [0.15, 0.2) is 17.5 Å². The number of hydrogen-bond donors (Lipinski definition) is 1. The summed E-state index contributed by atoms with van der Waals surface area (Å²) in [5.41, 5.74) is 0. The molecule has 1 heterocycles. The topological polar surface area (TPSA) is 15.3 Å². The quantitative estimate of drug-likeness (QED) is 0.860. The predicted molar refractivity (Wildman–Crippen MR) is 84.9 cm³/mol. The SMILES string of the molecule is CNC1CCC(C)CC1CN(C)CCc1cccs1. The number of thiophene rings is 1. The van der Waals surface area contributed by atoms with Gasteiger partial charge in [-0.1, -0.05) is 13.0 Å². The molecule has 2 rings (SSSR count). The summed E-state index contributed by atoms with van der Waals surface area (Å²) in [6.07, 6.45) is 5.32. The Morgan fingerprint density at radius 3 is 2.95 bits per heavy atom. The second kappa shape index (κ2) is 7.41. The zero-order valence-electron chi connectivity index (χ0n) is 12.6. The fourth-order valence-corrected chi connectivity index (χ4v) is 4.03. The zero-order chi connectivity index (χ0) is 13.7. The maximum Gasteiger partial charge on any atom is 0.0105 e. The maximum absolute atomic E-state index is 3.52. The van der Waals surface area contributed by atoms with Crippen molar-refractivity contribution < 1.29 is 0 Å². The van der Waals surface area contributed by atoms with Crippen LogP contribution in [0.3, 0.4) is 0 Å². The molecule has 1 N–H and O–H groups in total. The molecule has 2 nitrogen and oxygen atoms in total. The minimum absolute atomic E-state index is 0.723. The van der Waals surface area contributed by atoms with Crippen molar-refractivity contribution in [3.8, 4) is 0 Å². The average molecular weight is 280 g/mol. The molecule has 1 aromatic rings. The maximum atomic E-state index is 3.52. The van der Waals surface area contributed by atoms with Gasteiger partial charge in [0.2, 0.25) is 0 Å². The molecule has 0 spiro atoms. The van der Waals surface area contributed by atoms with Gasteiger partial charge in [0.15, 0.2) is 0 Å². The molecule has 0 radical (unpaired) electrons. The first-order valence-corrected chi connectivity index (χ1v) is 8.45. The molecule has 1 aliphatic carbocycles. The highest BCUT2D eigenvalue weighted by atomic mass is 32.1. The van der Waals surface area contributed by atoms with E-state index < -0.39 is 0 Å². The van der Waals surface area contributed by atoms with Crippen LogP contribution in [0.2, 0.25) is 0 Å². The number of nitrogens with zero attached hydrogens (tertiary/aromatic N) is 1. The van der Waals surface area contributed by atoms with Crippen LogP contribution >= 0.6 is 11.3 Å². The van der Waals surface area contributed by atoms with Crippen LogP contribution in [0.4, 0.5) is 0 Å². The van der Waals surface area contributed by atoms with Gasteiger partial charge in [-0.3, -0.25) is 0 Å². The van der Waals surface area contributed by atoms with Crippen molar-refractivity contribution in [1.82, 2.24) is 10.2 Å². The summed E-state index contributed by atoms with van der Waals surface area (Å²) in [6.45, 7) is 4.83. The number of likely N-dealkylation sites (N-methyl/N-ethyl adjacent to an activating group) is 1. The first kappa shape index (κ1) is 15.0. The average Bonchev–Trinajstić information content (AvgIpc) is 2.90. The van der Waals surface area contributed by atoms with Crippen molar-refractivity contribution in [3.63, 3.8) is 0 Å². The Kier molecular flexibility index (Phi) is 5.86. The molecular weight excluding hydrogens is 252 g/mol. The van der Waals surface area contributed by atoms with Crippen LogP contribution in [-0.4, -0.2) is 38.1 Å². The first-order chi connectivity index (χ1) is 9.19. The van der Waals surface area contributed by atoms with Crippen molar-refractivity contribution in [3.05, 3.63) is 22.4 Å². The van der Waals surface area contributed by atoms with Crippen LogP contribution in [0.25, 0.3) is 0 Å². The summed E-state index contributed by atoms with van der Waals surface area (Å²) < 4.78 is 0. The Morgan fingerprint density at radius 2 is 2.26 bits per heavy atom. The molecule has 1 aliphatic rings. The summed E-state index contributed by atoms with van der Waals surface area (Å²) >= 11 is 1.88. The highest BCUT2D eigenvalue weighted by Crippen LogP contribution is 2.29. The second-order valence-electron chi connectivity index (χ2n) is 6.17. The van der Waals surface area contributed by atoms with Crippen LogP contribution in [0, 0.1) is 11.8 Å². The normalized spacial score (nSPS) is 27.9. The van der Waals surface area contributed by atoms with Gasteiger partial charge in [0, 0.05) is 24.0 Å². The standard InChI is InChI=1S/C16H28N2S/c1-13-6-7-16(17-2)14(11-13)12-18(3)9-8-15-5-4-10-19-15/h4-5,10,13-14,16-17H,6-9,11-12H2,1-3H3.